The van der Waals surface area contributed by atoms with Crippen LogP contribution < -0.4 is 5.73 Å². The third-order valence-corrected chi connectivity index (χ3v) is 2.83. The van der Waals surface area contributed by atoms with Crippen molar-refractivity contribution in [1.82, 2.24) is 0 Å². The van der Waals surface area contributed by atoms with Gasteiger partial charge in [-0.3, -0.25) is 0 Å². The Balaban J connectivity index is 2.35. The Morgan fingerprint density at radius 2 is 2.00 bits per heavy atom. The second-order valence-corrected chi connectivity index (χ2v) is 4.62. The topological polar surface area (TPSA) is 44.5 Å². The van der Waals surface area contributed by atoms with Crippen molar-refractivity contribution in [3.05, 3.63) is 35.1 Å². The number of unbranched alkanes of at least 4 members (excludes halogenated alkanes) is 1. The van der Waals surface area contributed by atoms with Crippen LogP contribution in [-0.2, 0) is 16.1 Å². The Hall–Kier alpha value is -1.04. The quantitative estimate of drug-likeness (QED) is 0.560. The average molecular weight is 285 g/mol. The Bertz CT molecular complexity index is 412. The third-order valence-electron chi connectivity index (χ3n) is 2.61. The summed E-state index contributed by atoms with van der Waals surface area (Å²) in [5.41, 5.74) is 6.88. The molecule has 0 radical (unpaired) electrons. The van der Waals surface area contributed by atoms with Gasteiger partial charge in [-0.25, -0.2) is 4.39 Å². The number of hydrogen-bond acceptors (Lipinski definition) is 3. The van der Waals surface area contributed by atoms with E-state index in [9.17, 15) is 4.39 Å². The summed E-state index contributed by atoms with van der Waals surface area (Å²) in [5, 5.41) is 0. The SMILES string of the molecule is CCCCOCCOCc1ccc(F)cc1C(N)=S. The number of ether oxygens (including phenoxy) is 2. The molecule has 0 amide bonds. The first-order chi connectivity index (χ1) is 9.15. The monoisotopic (exact) mass is 285 g/mol. The van der Waals surface area contributed by atoms with Gasteiger partial charge in [0.1, 0.15) is 10.8 Å². The highest BCUT2D eigenvalue weighted by atomic mass is 32.1. The zero-order valence-electron chi connectivity index (χ0n) is 11.2. The number of benzene rings is 1. The maximum atomic E-state index is 13.1. The fourth-order valence-corrected chi connectivity index (χ4v) is 1.74. The molecule has 0 atom stereocenters. The van der Waals surface area contributed by atoms with Crippen molar-refractivity contribution in [1.29, 1.82) is 0 Å². The molecule has 0 saturated carbocycles. The minimum Gasteiger partial charge on any atom is -0.389 e. The van der Waals surface area contributed by atoms with Crippen molar-refractivity contribution in [2.24, 2.45) is 5.73 Å². The van der Waals surface area contributed by atoms with Crippen molar-refractivity contribution < 1.29 is 13.9 Å². The van der Waals surface area contributed by atoms with Crippen LogP contribution in [0.5, 0.6) is 0 Å². The molecule has 1 rings (SSSR count). The molecule has 5 heteroatoms. The molecular formula is C14H20FNO2S. The fourth-order valence-electron chi connectivity index (χ4n) is 1.55. The molecule has 0 unspecified atom stereocenters. The van der Waals surface area contributed by atoms with Crippen LogP contribution >= 0.6 is 12.2 Å². The number of thiocarbonyl (C=S) groups is 1. The van der Waals surface area contributed by atoms with Gasteiger partial charge >= 0.3 is 0 Å². The van der Waals surface area contributed by atoms with E-state index in [0.29, 0.717) is 25.4 Å². The fraction of sp³-hybridized carbons (Fsp3) is 0.500. The molecule has 0 spiro atoms. The second-order valence-electron chi connectivity index (χ2n) is 4.18. The number of halogens is 1. The van der Waals surface area contributed by atoms with Gasteiger partial charge in [-0.05, 0) is 24.1 Å². The summed E-state index contributed by atoms with van der Waals surface area (Å²) in [6.07, 6.45) is 2.18. The standard InChI is InChI=1S/C14H20FNO2S/c1-2-3-6-17-7-8-18-10-11-4-5-12(15)9-13(11)14(16)19/h4-5,9H,2-3,6-8,10H2,1H3,(H2,16,19). The molecule has 19 heavy (non-hydrogen) atoms. The normalized spacial score (nSPS) is 10.6. The molecule has 0 bridgehead atoms. The Labute approximate surface area is 118 Å². The zero-order valence-corrected chi connectivity index (χ0v) is 12.0. The molecule has 0 aliphatic rings. The van der Waals surface area contributed by atoms with Crippen LogP contribution in [0.1, 0.15) is 30.9 Å². The Morgan fingerprint density at radius 3 is 2.68 bits per heavy atom. The summed E-state index contributed by atoms with van der Waals surface area (Å²) in [6, 6.07) is 4.35. The first-order valence-corrected chi connectivity index (χ1v) is 6.79. The average Bonchev–Trinajstić information content (AvgIpc) is 2.39. The van der Waals surface area contributed by atoms with Crippen LogP contribution in [0.15, 0.2) is 18.2 Å². The molecule has 3 nitrogen and oxygen atoms in total. The molecule has 1 aromatic rings. The highest BCUT2D eigenvalue weighted by Crippen LogP contribution is 2.12. The van der Waals surface area contributed by atoms with Crippen molar-refractivity contribution in [2.45, 2.75) is 26.4 Å². The van der Waals surface area contributed by atoms with Crippen LogP contribution in [0.2, 0.25) is 0 Å². The lowest BCUT2D eigenvalue weighted by Crippen LogP contribution is -2.14. The van der Waals surface area contributed by atoms with Crippen molar-refractivity contribution in [3.8, 4) is 0 Å². The Morgan fingerprint density at radius 1 is 1.26 bits per heavy atom. The molecule has 0 aliphatic carbocycles. The summed E-state index contributed by atoms with van der Waals surface area (Å²) in [7, 11) is 0. The van der Waals surface area contributed by atoms with Gasteiger partial charge in [-0.1, -0.05) is 31.6 Å². The first-order valence-electron chi connectivity index (χ1n) is 6.39. The van der Waals surface area contributed by atoms with Crippen LogP contribution in [0.3, 0.4) is 0 Å². The highest BCUT2D eigenvalue weighted by molar-refractivity contribution is 7.80. The van der Waals surface area contributed by atoms with E-state index in [2.05, 4.69) is 6.92 Å². The van der Waals surface area contributed by atoms with Crippen LogP contribution in [0, 0.1) is 5.82 Å². The van der Waals surface area contributed by atoms with E-state index in [0.717, 1.165) is 25.0 Å². The maximum Gasteiger partial charge on any atom is 0.123 e. The van der Waals surface area contributed by atoms with Gasteiger partial charge in [0.05, 0.1) is 19.8 Å². The zero-order chi connectivity index (χ0) is 14.1. The third kappa shape index (κ3) is 6.09. The summed E-state index contributed by atoms with van der Waals surface area (Å²) >= 11 is 4.89. The molecule has 0 aliphatic heterocycles. The van der Waals surface area contributed by atoms with Crippen LogP contribution in [0.25, 0.3) is 0 Å². The lowest BCUT2D eigenvalue weighted by molar-refractivity contribution is 0.0396. The molecule has 2 N–H and O–H groups in total. The van der Waals surface area contributed by atoms with Crippen molar-refractivity contribution >= 4 is 17.2 Å². The predicted octanol–water partition coefficient (Wildman–Crippen LogP) is 2.79. The van der Waals surface area contributed by atoms with E-state index in [1.165, 1.54) is 12.1 Å². The van der Waals surface area contributed by atoms with Crippen LogP contribution in [0.4, 0.5) is 4.39 Å². The molecule has 106 valence electrons. The smallest absolute Gasteiger partial charge is 0.123 e. The maximum absolute atomic E-state index is 13.1. The van der Waals surface area contributed by atoms with Crippen molar-refractivity contribution in [2.75, 3.05) is 19.8 Å². The molecule has 0 heterocycles. The second kappa shape index (κ2) is 8.96. The number of nitrogens with two attached hydrogens (primary N) is 1. The number of rotatable bonds is 9. The van der Waals surface area contributed by atoms with Crippen LogP contribution in [-0.4, -0.2) is 24.8 Å². The number of hydrogen-bond donors (Lipinski definition) is 1. The van der Waals surface area contributed by atoms with E-state index < -0.39 is 0 Å². The van der Waals surface area contributed by atoms with Gasteiger partial charge in [0.15, 0.2) is 0 Å². The Kier molecular flexibility index (Phi) is 7.55. The molecule has 0 aromatic heterocycles. The summed E-state index contributed by atoms with van der Waals surface area (Å²) in [6.45, 7) is 4.28. The van der Waals surface area contributed by atoms with E-state index in [1.54, 1.807) is 6.07 Å². The van der Waals surface area contributed by atoms with Gasteiger partial charge < -0.3 is 15.2 Å². The van der Waals surface area contributed by atoms with Crippen molar-refractivity contribution in [3.63, 3.8) is 0 Å². The molecular weight excluding hydrogens is 265 g/mol. The van der Waals surface area contributed by atoms with Gasteiger partial charge in [0.25, 0.3) is 0 Å². The molecule has 1 aromatic carbocycles. The van der Waals surface area contributed by atoms with Gasteiger partial charge in [-0.15, -0.1) is 0 Å². The van der Waals surface area contributed by atoms with E-state index >= 15 is 0 Å². The van der Waals surface area contributed by atoms with E-state index in [-0.39, 0.29) is 10.8 Å². The lowest BCUT2D eigenvalue weighted by atomic mass is 10.1. The minimum absolute atomic E-state index is 0.178. The largest absolute Gasteiger partial charge is 0.389 e. The van der Waals surface area contributed by atoms with E-state index in [1.807, 2.05) is 0 Å². The van der Waals surface area contributed by atoms with Gasteiger partial charge in [-0.2, -0.15) is 0 Å². The van der Waals surface area contributed by atoms with E-state index in [4.69, 9.17) is 27.4 Å². The predicted molar refractivity (Wildman–Crippen MR) is 77.7 cm³/mol. The molecule has 0 saturated heterocycles. The summed E-state index contributed by atoms with van der Waals surface area (Å²) in [5.74, 6) is -0.352. The lowest BCUT2D eigenvalue weighted by Gasteiger charge is -2.09. The van der Waals surface area contributed by atoms with Gasteiger partial charge in [0.2, 0.25) is 0 Å². The first kappa shape index (κ1) is 16.0. The summed E-state index contributed by atoms with van der Waals surface area (Å²) in [4.78, 5) is 0.178. The van der Waals surface area contributed by atoms with Gasteiger partial charge in [0, 0.05) is 12.2 Å². The highest BCUT2D eigenvalue weighted by Gasteiger charge is 2.06. The minimum atomic E-state index is -0.352. The summed E-state index contributed by atoms with van der Waals surface area (Å²) < 4.78 is 23.9. The molecule has 0 fully saturated rings.